The molecule has 12 heteroatoms. The first-order valence-electron chi connectivity index (χ1n) is 12.2. The normalized spacial score (nSPS) is 11.8. The highest BCUT2D eigenvalue weighted by atomic mass is 32.2. The van der Waals surface area contributed by atoms with Gasteiger partial charge in [-0.15, -0.1) is 0 Å². The van der Waals surface area contributed by atoms with Crippen molar-refractivity contribution in [1.29, 1.82) is 0 Å². The summed E-state index contributed by atoms with van der Waals surface area (Å²) in [6.07, 6.45) is 0. The van der Waals surface area contributed by atoms with E-state index in [2.05, 4.69) is 5.32 Å². The van der Waals surface area contributed by atoms with Crippen molar-refractivity contribution in [3.63, 3.8) is 0 Å². The Bertz CT molecular complexity index is 1450. The van der Waals surface area contributed by atoms with Gasteiger partial charge in [-0.2, -0.15) is 0 Å². The molecule has 0 bridgehead atoms. The Morgan fingerprint density at radius 1 is 0.925 bits per heavy atom. The number of rotatable bonds is 12. The van der Waals surface area contributed by atoms with E-state index in [-0.39, 0.29) is 22.9 Å². The number of nitrogens with one attached hydrogen (secondary N) is 1. The third-order valence-corrected chi connectivity index (χ3v) is 8.01. The van der Waals surface area contributed by atoms with Crippen molar-refractivity contribution in [2.24, 2.45) is 0 Å². The molecule has 3 rings (SSSR count). The molecule has 0 fully saturated rings. The van der Waals surface area contributed by atoms with Crippen molar-refractivity contribution < 1.29 is 36.6 Å². The fourth-order valence-electron chi connectivity index (χ4n) is 4.00. The molecule has 0 heterocycles. The minimum absolute atomic E-state index is 0.00170. The van der Waals surface area contributed by atoms with E-state index in [1.54, 1.807) is 31.2 Å². The van der Waals surface area contributed by atoms with Gasteiger partial charge in [0.05, 0.1) is 31.9 Å². The number of hydrogen-bond acceptors (Lipinski definition) is 7. The number of halogens is 1. The van der Waals surface area contributed by atoms with Gasteiger partial charge in [0.15, 0.2) is 11.5 Å². The Hall–Kier alpha value is -4.32. The lowest BCUT2D eigenvalue weighted by molar-refractivity contribution is -0.139. The Morgan fingerprint density at radius 3 is 2.20 bits per heavy atom. The lowest BCUT2D eigenvalue weighted by atomic mass is 10.1. The Labute approximate surface area is 233 Å². The summed E-state index contributed by atoms with van der Waals surface area (Å²) >= 11 is 0. The van der Waals surface area contributed by atoms with Crippen LogP contribution in [0.25, 0.3) is 0 Å². The number of carbonyl (C=O) groups excluding carboxylic acids is 2. The fourth-order valence-corrected chi connectivity index (χ4v) is 5.43. The monoisotopic (exact) mass is 573 g/mol. The Balaban J connectivity index is 2.07. The summed E-state index contributed by atoms with van der Waals surface area (Å²) in [5.74, 6) is -0.635. The first-order chi connectivity index (χ1) is 19.0. The van der Waals surface area contributed by atoms with Crippen LogP contribution < -0.4 is 23.8 Å². The molecule has 0 saturated carbocycles. The maximum Gasteiger partial charge on any atom is 0.264 e. The number of ether oxygens (including phenoxy) is 3. The molecule has 3 aromatic rings. The van der Waals surface area contributed by atoms with Crippen molar-refractivity contribution in [2.75, 3.05) is 39.2 Å². The smallest absolute Gasteiger partial charge is 0.264 e. The number of sulfonamides is 1. The number of likely N-dealkylation sites (N-methyl/N-ethyl adjacent to an activating group) is 1. The summed E-state index contributed by atoms with van der Waals surface area (Å²) in [5.41, 5.74) is 0.720. The first kappa shape index (κ1) is 30.2. The SMILES string of the molecule is CNC(=O)[C@@H](C)N(Cc1cccc(OC)c1)C(=O)CN(c1ccc(F)cc1)S(=O)(=O)c1ccc(OC)c(OC)c1. The van der Waals surface area contributed by atoms with Crippen LogP contribution in [-0.2, 0) is 26.2 Å². The van der Waals surface area contributed by atoms with Gasteiger partial charge in [0.1, 0.15) is 24.2 Å². The summed E-state index contributed by atoms with van der Waals surface area (Å²) in [5, 5.41) is 2.52. The van der Waals surface area contributed by atoms with Crippen LogP contribution in [0.2, 0.25) is 0 Å². The second kappa shape index (κ2) is 13.2. The van der Waals surface area contributed by atoms with Crippen LogP contribution in [0.1, 0.15) is 12.5 Å². The van der Waals surface area contributed by atoms with Crippen LogP contribution in [0.4, 0.5) is 10.1 Å². The largest absolute Gasteiger partial charge is 0.497 e. The third-order valence-electron chi connectivity index (χ3n) is 6.24. The second-order valence-electron chi connectivity index (χ2n) is 8.67. The molecule has 1 N–H and O–H groups in total. The van der Waals surface area contributed by atoms with Gasteiger partial charge in [-0.05, 0) is 61.0 Å². The van der Waals surface area contributed by atoms with E-state index in [0.717, 1.165) is 16.4 Å². The quantitative estimate of drug-likeness (QED) is 0.354. The molecule has 2 amide bonds. The van der Waals surface area contributed by atoms with Crippen LogP contribution in [0.5, 0.6) is 17.2 Å². The van der Waals surface area contributed by atoms with Crippen LogP contribution >= 0.6 is 0 Å². The fraction of sp³-hybridized carbons (Fsp3) is 0.286. The molecule has 0 aliphatic heterocycles. The summed E-state index contributed by atoms with van der Waals surface area (Å²) in [6, 6.07) is 14.8. The lowest BCUT2D eigenvalue weighted by Gasteiger charge is -2.32. The maximum absolute atomic E-state index is 13.9. The number of amides is 2. The molecular formula is C28H32FN3O7S. The molecule has 0 aliphatic carbocycles. The maximum atomic E-state index is 13.9. The van der Waals surface area contributed by atoms with E-state index in [9.17, 15) is 22.4 Å². The number of benzene rings is 3. The van der Waals surface area contributed by atoms with E-state index in [1.807, 2.05) is 0 Å². The lowest BCUT2D eigenvalue weighted by Crippen LogP contribution is -2.50. The molecule has 0 aromatic heterocycles. The Kier molecular flexibility index (Phi) is 9.94. The average molecular weight is 574 g/mol. The van der Waals surface area contributed by atoms with Crippen molar-refractivity contribution in [1.82, 2.24) is 10.2 Å². The van der Waals surface area contributed by atoms with E-state index in [0.29, 0.717) is 17.1 Å². The van der Waals surface area contributed by atoms with Crippen molar-refractivity contribution in [3.05, 3.63) is 78.1 Å². The molecule has 10 nitrogen and oxygen atoms in total. The second-order valence-corrected chi connectivity index (χ2v) is 10.5. The number of carbonyl (C=O) groups is 2. The summed E-state index contributed by atoms with van der Waals surface area (Å²) in [6.45, 7) is 0.869. The van der Waals surface area contributed by atoms with Crippen LogP contribution in [0, 0.1) is 5.82 Å². The molecule has 0 radical (unpaired) electrons. The van der Waals surface area contributed by atoms with Gasteiger partial charge in [0, 0.05) is 19.7 Å². The Morgan fingerprint density at radius 2 is 1.60 bits per heavy atom. The molecule has 1 atom stereocenters. The van der Waals surface area contributed by atoms with Crippen molar-refractivity contribution in [2.45, 2.75) is 24.4 Å². The molecule has 214 valence electrons. The van der Waals surface area contributed by atoms with Crippen molar-refractivity contribution >= 4 is 27.5 Å². The summed E-state index contributed by atoms with van der Waals surface area (Å²) in [4.78, 5) is 27.5. The van der Waals surface area contributed by atoms with Gasteiger partial charge in [-0.3, -0.25) is 13.9 Å². The highest BCUT2D eigenvalue weighted by Gasteiger charge is 2.33. The predicted octanol–water partition coefficient (Wildman–Crippen LogP) is 3.21. The molecule has 40 heavy (non-hydrogen) atoms. The molecule has 0 unspecified atom stereocenters. The number of anilines is 1. The van der Waals surface area contributed by atoms with Crippen LogP contribution in [0.15, 0.2) is 71.6 Å². The van der Waals surface area contributed by atoms with E-state index >= 15 is 0 Å². The molecule has 0 aliphatic rings. The number of methoxy groups -OCH3 is 3. The van der Waals surface area contributed by atoms with Crippen LogP contribution in [0.3, 0.4) is 0 Å². The minimum Gasteiger partial charge on any atom is -0.497 e. The number of nitrogens with zero attached hydrogens (tertiary/aromatic N) is 2. The highest BCUT2D eigenvalue weighted by molar-refractivity contribution is 7.92. The molecular weight excluding hydrogens is 541 g/mol. The standard InChI is InChI=1S/C28H32FN3O7S/c1-19(28(34)30-2)31(17-20-7-6-8-23(15-20)37-3)27(33)18-32(22-11-9-21(29)10-12-22)40(35,36)24-13-14-25(38-4)26(16-24)39-5/h6-16,19H,17-18H2,1-5H3,(H,30,34)/t19-/m1/s1. The van der Waals surface area contributed by atoms with Crippen molar-refractivity contribution in [3.8, 4) is 17.2 Å². The minimum atomic E-state index is -4.38. The molecule has 0 spiro atoms. The third kappa shape index (κ3) is 6.81. The molecule has 3 aromatic carbocycles. The predicted molar refractivity (Wildman–Crippen MR) is 148 cm³/mol. The zero-order valence-corrected chi connectivity index (χ0v) is 23.7. The number of hydrogen-bond donors (Lipinski definition) is 1. The van der Waals surface area contributed by atoms with Gasteiger partial charge < -0.3 is 24.4 Å². The van der Waals surface area contributed by atoms with E-state index in [1.165, 1.54) is 63.6 Å². The first-order valence-corrected chi connectivity index (χ1v) is 13.6. The summed E-state index contributed by atoms with van der Waals surface area (Å²) in [7, 11) is 1.36. The zero-order chi connectivity index (χ0) is 29.4. The van der Waals surface area contributed by atoms with E-state index < -0.39 is 40.2 Å². The van der Waals surface area contributed by atoms with E-state index in [4.69, 9.17) is 14.2 Å². The highest BCUT2D eigenvalue weighted by Crippen LogP contribution is 2.32. The van der Waals surface area contributed by atoms with Crippen LogP contribution in [-0.4, -0.2) is 66.1 Å². The van der Waals surface area contributed by atoms with Gasteiger partial charge in [-0.1, -0.05) is 12.1 Å². The van der Waals surface area contributed by atoms with Gasteiger partial charge in [0.2, 0.25) is 11.8 Å². The average Bonchev–Trinajstić information content (AvgIpc) is 2.97. The summed E-state index contributed by atoms with van der Waals surface area (Å²) < 4.78 is 58.2. The van der Waals surface area contributed by atoms with Gasteiger partial charge >= 0.3 is 0 Å². The topological polar surface area (TPSA) is 114 Å². The zero-order valence-electron chi connectivity index (χ0n) is 22.9. The van der Waals surface area contributed by atoms with Gasteiger partial charge in [-0.25, -0.2) is 12.8 Å². The molecule has 0 saturated heterocycles. The van der Waals surface area contributed by atoms with Gasteiger partial charge in [0.25, 0.3) is 10.0 Å².